The number of hydrogen-bond donors (Lipinski definition) is 3. The predicted molar refractivity (Wildman–Crippen MR) is 70.2 cm³/mol. The van der Waals surface area contributed by atoms with Crippen molar-refractivity contribution >= 4 is 6.08 Å². The molecule has 4 nitrogen and oxygen atoms in total. The highest BCUT2D eigenvalue weighted by Crippen LogP contribution is 2.40. The summed E-state index contributed by atoms with van der Waals surface area (Å²) in [6.07, 6.45) is 2.30. The number of phenolic OH excluding ortho intramolecular Hbond substituents is 3. The molecule has 3 rings (SSSR count). The Morgan fingerprint density at radius 1 is 0.947 bits per heavy atom. The first-order chi connectivity index (χ1) is 9.11. The average Bonchev–Trinajstić information content (AvgIpc) is 2.75. The van der Waals surface area contributed by atoms with Crippen LogP contribution in [0.3, 0.4) is 0 Å². The van der Waals surface area contributed by atoms with Gasteiger partial charge in [-0.3, -0.25) is 0 Å². The maximum atomic E-state index is 9.73. The molecule has 0 amide bonds. The van der Waals surface area contributed by atoms with Gasteiger partial charge in [-0.15, -0.1) is 0 Å². The van der Waals surface area contributed by atoms with E-state index in [4.69, 9.17) is 4.74 Å². The van der Waals surface area contributed by atoms with Crippen LogP contribution >= 0.6 is 0 Å². The van der Waals surface area contributed by atoms with Crippen molar-refractivity contribution < 1.29 is 20.1 Å². The standard InChI is InChI=1S/C15H12O4/c16-10-3-1-9(2-4-10)5-12-8-13-14(18)6-11(17)7-15(13)19-12/h1-7,16-18H,8H2/b12-5-. The molecule has 2 aromatic carbocycles. The van der Waals surface area contributed by atoms with Crippen LogP contribution in [0.1, 0.15) is 11.1 Å². The summed E-state index contributed by atoms with van der Waals surface area (Å²) < 4.78 is 5.58. The molecule has 0 fully saturated rings. The van der Waals surface area contributed by atoms with E-state index in [0.717, 1.165) is 5.56 Å². The van der Waals surface area contributed by atoms with E-state index in [1.807, 2.05) is 6.08 Å². The zero-order chi connectivity index (χ0) is 13.4. The molecular weight excluding hydrogens is 244 g/mol. The monoisotopic (exact) mass is 256 g/mol. The number of hydrogen-bond acceptors (Lipinski definition) is 4. The molecule has 4 heteroatoms. The van der Waals surface area contributed by atoms with Crippen LogP contribution in [0, 0.1) is 0 Å². The first kappa shape index (κ1) is 11.5. The summed E-state index contributed by atoms with van der Waals surface area (Å²) in [6.45, 7) is 0. The summed E-state index contributed by atoms with van der Waals surface area (Å²) in [7, 11) is 0. The molecule has 0 aliphatic carbocycles. The highest BCUT2D eigenvalue weighted by Gasteiger charge is 2.21. The molecule has 19 heavy (non-hydrogen) atoms. The largest absolute Gasteiger partial charge is 0.508 e. The lowest BCUT2D eigenvalue weighted by Gasteiger charge is -2.01. The van der Waals surface area contributed by atoms with Gasteiger partial charge in [-0.2, -0.15) is 0 Å². The van der Waals surface area contributed by atoms with E-state index in [1.165, 1.54) is 12.1 Å². The second-order valence-corrected chi connectivity index (χ2v) is 4.42. The Kier molecular flexibility index (Phi) is 2.56. The van der Waals surface area contributed by atoms with Gasteiger partial charge in [0.05, 0.1) is 0 Å². The van der Waals surface area contributed by atoms with Gasteiger partial charge in [0.1, 0.15) is 28.8 Å². The average molecular weight is 256 g/mol. The van der Waals surface area contributed by atoms with Crippen molar-refractivity contribution in [1.29, 1.82) is 0 Å². The lowest BCUT2D eigenvalue weighted by atomic mass is 10.1. The Morgan fingerprint density at radius 2 is 1.68 bits per heavy atom. The Bertz CT molecular complexity index is 657. The van der Waals surface area contributed by atoms with E-state index in [1.54, 1.807) is 24.3 Å². The number of aromatic hydroxyl groups is 3. The molecule has 96 valence electrons. The quantitative estimate of drug-likeness (QED) is 0.733. The van der Waals surface area contributed by atoms with Crippen molar-refractivity contribution in [2.24, 2.45) is 0 Å². The van der Waals surface area contributed by atoms with E-state index >= 15 is 0 Å². The smallest absolute Gasteiger partial charge is 0.137 e. The molecule has 1 heterocycles. The fraction of sp³-hybridized carbons (Fsp3) is 0.0667. The van der Waals surface area contributed by atoms with Crippen LogP contribution < -0.4 is 4.74 Å². The molecular formula is C15H12O4. The summed E-state index contributed by atoms with van der Waals surface area (Å²) in [5.41, 5.74) is 1.56. The van der Waals surface area contributed by atoms with Crippen LogP contribution in [0.15, 0.2) is 42.2 Å². The van der Waals surface area contributed by atoms with Gasteiger partial charge in [0.25, 0.3) is 0 Å². The molecule has 0 radical (unpaired) electrons. The van der Waals surface area contributed by atoms with Crippen molar-refractivity contribution in [2.45, 2.75) is 6.42 Å². The minimum Gasteiger partial charge on any atom is -0.508 e. The van der Waals surface area contributed by atoms with Crippen LogP contribution in [0.5, 0.6) is 23.0 Å². The Morgan fingerprint density at radius 3 is 2.42 bits per heavy atom. The van der Waals surface area contributed by atoms with Crippen molar-refractivity contribution in [3.05, 3.63) is 53.3 Å². The molecule has 0 unspecified atom stereocenters. The molecule has 0 saturated heterocycles. The maximum absolute atomic E-state index is 9.73. The molecule has 1 aliphatic heterocycles. The normalized spacial score (nSPS) is 15.3. The van der Waals surface area contributed by atoms with Crippen LogP contribution in [0.4, 0.5) is 0 Å². The zero-order valence-electron chi connectivity index (χ0n) is 10.00. The van der Waals surface area contributed by atoms with Crippen molar-refractivity contribution in [2.75, 3.05) is 0 Å². The fourth-order valence-corrected chi connectivity index (χ4v) is 2.07. The Labute approximate surface area is 109 Å². The van der Waals surface area contributed by atoms with Crippen molar-refractivity contribution in [3.8, 4) is 23.0 Å². The third-order valence-corrected chi connectivity index (χ3v) is 2.98. The Balaban J connectivity index is 1.91. The second-order valence-electron chi connectivity index (χ2n) is 4.42. The summed E-state index contributed by atoms with van der Waals surface area (Å²) in [5, 5.41) is 28.3. The highest BCUT2D eigenvalue weighted by molar-refractivity contribution is 5.60. The molecule has 0 atom stereocenters. The van der Waals surface area contributed by atoms with Gasteiger partial charge in [-0.05, 0) is 23.8 Å². The summed E-state index contributed by atoms with van der Waals surface area (Å²) in [5.74, 6) is 1.37. The lowest BCUT2D eigenvalue weighted by molar-refractivity contribution is 0.430. The SMILES string of the molecule is Oc1ccc(/C=C2/Cc3c(O)cc(O)cc3O2)cc1. The third-order valence-electron chi connectivity index (χ3n) is 2.98. The van der Waals surface area contributed by atoms with Gasteiger partial charge in [0, 0.05) is 24.1 Å². The van der Waals surface area contributed by atoms with Crippen molar-refractivity contribution in [1.82, 2.24) is 0 Å². The zero-order valence-corrected chi connectivity index (χ0v) is 10.00. The van der Waals surface area contributed by atoms with E-state index in [-0.39, 0.29) is 17.2 Å². The highest BCUT2D eigenvalue weighted by atomic mass is 16.5. The number of benzene rings is 2. The van der Waals surface area contributed by atoms with Gasteiger partial charge < -0.3 is 20.1 Å². The van der Waals surface area contributed by atoms with Crippen molar-refractivity contribution in [3.63, 3.8) is 0 Å². The molecule has 0 aromatic heterocycles. The van der Waals surface area contributed by atoms with E-state index < -0.39 is 0 Å². The number of ether oxygens (including phenoxy) is 1. The maximum Gasteiger partial charge on any atom is 0.137 e. The van der Waals surface area contributed by atoms with E-state index in [9.17, 15) is 15.3 Å². The van der Waals surface area contributed by atoms with Gasteiger partial charge in [-0.1, -0.05) is 12.1 Å². The molecule has 1 aliphatic rings. The van der Waals surface area contributed by atoms with E-state index in [0.29, 0.717) is 23.5 Å². The minimum absolute atomic E-state index is 0.0258. The fourth-order valence-electron chi connectivity index (χ4n) is 2.07. The number of phenols is 3. The van der Waals surface area contributed by atoms with Gasteiger partial charge in [0.2, 0.25) is 0 Å². The molecule has 3 N–H and O–H groups in total. The van der Waals surface area contributed by atoms with Gasteiger partial charge >= 0.3 is 0 Å². The van der Waals surface area contributed by atoms with E-state index in [2.05, 4.69) is 0 Å². The molecule has 2 aromatic rings. The summed E-state index contributed by atoms with van der Waals surface area (Å²) in [6, 6.07) is 9.51. The van der Waals surface area contributed by atoms with Crippen LogP contribution in [0.25, 0.3) is 6.08 Å². The molecule has 0 spiro atoms. The molecule has 0 bridgehead atoms. The van der Waals surface area contributed by atoms with Gasteiger partial charge in [-0.25, -0.2) is 0 Å². The first-order valence-corrected chi connectivity index (χ1v) is 5.84. The first-order valence-electron chi connectivity index (χ1n) is 5.84. The summed E-state index contributed by atoms with van der Waals surface area (Å²) >= 11 is 0. The lowest BCUT2D eigenvalue weighted by Crippen LogP contribution is -1.87. The number of rotatable bonds is 1. The van der Waals surface area contributed by atoms with Crippen LogP contribution in [0.2, 0.25) is 0 Å². The number of fused-ring (bicyclic) bond motifs is 1. The predicted octanol–water partition coefficient (Wildman–Crippen LogP) is 2.78. The summed E-state index contributed by atoms with van der Waals surface area (Å²) in [4.78, 5) is 0. The molecule has 0 saturated carbocycles. The Hall–Kier alpha value is -2.62. The van der Waals surface area contributed by atoms with Gasteiger partial charge in [0.15, 0.2) is 0 Å². The topological polar surface area (TPSA) is 69.9 Å². The minimum atomic E-state index is -0.0258. The van der Waals surface area contributed by atoms with Crippen LogP contribution in [-0.2, 0) is 6.42 Å². The second kappa shape index (κ2) is 4.24. The third kappa shape index (κ3) is 2.20. The van der Waals surface area contributed by atoms with Crippen LogP contribution in [-0.4, -0.2) is 15.3 Å². The number of allylic oxidation sites excluding steroid dienone is 1.